The van der Waals surface area contributed by atoms with E-state index in [1.165, 1.54) is 5.39 Å². The molecular formula is C13H10N3. The molecule has 2 N–H and O–H groups in total. The average molecular weight is 208 g/mol. The molecule has 3 rings (SSSR count). The molecule has 2 aromatic heterocycles. The molecule has 0 saturated carbocycles. The quantitative estimate of drug-likeness (QED) is 0.667. The highest BCUT2D eigenvalue weighted by atomic mass is 15.0. The number of benzene rings is 1. The summed E-state index contributed by atoms with van der Waals surface area (Å²) in [6.07, 6.45) is 3.73. The van der Waals surface area contributed by atoms with Crippen LogP contribution in [0.3, 0.4) is 0 Å². The van der Waals surface area contributed by atoms with E-state index in [1.807, 2.05) is 36.5 Å². The fourth-order valence-electron chi connectivity index (χ4n) is 1.83. The van der Waals surface area contributed by atoms with E-state index in [9.17, 15) is 0 Å². The largest absolute Gasteiger partial charge is 0.384 e. The van der Waals surface area contributed by atoms with Crippen LogP contribution in [0.5, 0.6) is 0 Å². The number of hydrogen-bond acceptors (Lipinski definition) is 2. The van der Waals surface area contributed by atoms with Crippen molar-refractivity contribution >= 4 is 16.7 Å². The molecule has 0 bridgehead atoms. The molecule has 0 amide bonds. The standard InChI is InChI=1S/C13H10N3/c14-13-9-11(5-7-15-13)16-8-6-10-3-1-2-4-12(10)16/h1,3-9H,(H2,14,15). The lowest BCUT2D eigenvalue weighted by molar-refractivity contribution is 1.11. The SMILES string of the molecule is Nc1cc(-n2ccc3cc[c]cc32)ccn1. The summed E-state index contributed by atoms with van der Waals surface area (Å²) in [7, 11) is 0. The lowest BCUT2D eigenvalue weighted by Gasteiger charge is -2.05. The Morgan fingerprint density at radius 3 is 3.06 bits per heavy atom. The van der Waals surface area contributed by atoms with Gasteiger partial charge in [-0.25, -0.2) is 4.98 Å². The summed E-state index contributed by atoms with van der Waals surface area (Å²) in [6.45, 7) is 0. The van der Waals surface area contributed by atoms with E-state index in [2.05, 4.69) is 21.7 Å². The molecule has 0 aliphatic carbocycles. The van der Waals surface area contributed by atoms with E-state index < -0.39 is 0 Å². The molecule has 77 valence electrons. The van der Waals surface area contributed by atoms with Gasteiger partial charge in [0.15, 0.2) is 0 Å². The molecule has 1 aromatic carbocycles. The molecule has 3 nitrogen and oxygen atoms in total. The Morgan fingerprint density at radius 1 is 1.25 bits per heavy atom. The third-order valence-electron chi connectivity index (χ3n) is 2.58. The predicted octanol–water partition coefficient (Wildman–Crippen LogP) is 2.41. The summed E-state index contributed by atoms with van der Waals surface area (Å²) < 4.78 is 2.07. The zero-order valence-electron chi connectivity index (χ0n) is 8.59. The molecule has 0 spiro atoms. The van der Waals surface area contributed by atoms with Gasteiger partial charge in [0.05, 0.1) is 11.2 Å². The summed E-state index contributed by atoms with van der Waals surface area (Å²) in [5.41, 5.74) is 7.81. The number of fused-ring (bicyclic) bond motifs is 1. The van der Waals surface area contributed by atoms with Gasteiger partial charge in [-0.3, -0.25) is 0 Å². The van der Waals surface area contributed by atoms with E-state index in [-0.39, 0.29) is 0 Å². The smallest absolute Gasteiger partial charge is 0.125 e. The second kappa shape index (κ2) is 3.38. The Morgan fingerprint density at radius 2 is 2.19 bits per heavy atom. The maximum Gasteiger partial charge on any atom is 0.125 e. The summed E-state index contributed by atoms with van der Waals surface area (Å²) in [4.78, 5) is 3.99. The van der Waals surface area contributed by atoms with Gasteiger partial charge in [-0.05, 0) is 29.7 Å². The van der Waals surface area contributed by atoms with Crippen LogP contribution in [0.1, 0.15) is 0 Å². The highest BCUT2D eigenvalue weighted by Crippen LogP contribution is 2.20. The van der Waals surface area contributed by atoms with Crippen molar-refractivity contribution in [1.29, 1.82) is 0 Å². The zero-order chi connectivity index (χ0) is 11.0. The topological polar surface area (TPSA) is 43.8 Å². The van der Waals surface area contributed by atoms with Crippen molar-refractivity contribution in [3.8, 4) is 5.69 Å². The van der Waals surface area contributed by atoms with Crippen molar-refractivity contribution in [2.75, 3.05) is 5.73 Å². The Balaban J connectivity index is 2.26. The van der Waals surface area contributed by atoms with Crippen LogP contribution < -0.4 is 5.73 Å². The van der Waals surface area contributed by atoms with E-state index in [0.717, 1.165) is 11.2 Å². The third-order valence-corrected chi connectivity index (χ3v) is 2.58. The molecule has 0 fully saturated rings. The molecule has 2 heterocycles. The summed E-state index contributed by atoms with van der Waals surface area (Å²) in [5.74, 6) is 0.527. The highest BCUT2D eigenvalue weighted by Gasteiger charge is 2.02. The fraction of sp³-hybridized carbons (Fsp3) is 0. The molecule has 0 atom stereocenters. The lowest BCUT2D eigenvalue weighted by Crippen LogP contribution is -1.95. The Kier molecular flexibility index (Phi) is 1.90. The number of nitrogens with zero attached hydrogens (tertiary/aromatic N) is 2. The van der Waals surface area contributed by atoms with Crippen molar-refractivity contribution in [2.24, 2.45) is 0 Å². The minimum Gasteiger partial charge on any atom is -0.384 e. The van der Waals surface area contributed by atoms with E-state index >= 15 is 0 Å². The van der Waals surface area contributed by atoms with Crippen LogP contribution in [0.15, 0.2) is 48.8 Å². The highest BCUT2D eigenvalue weighted by molar-refractivity contribution is 5.81. The van der Waals surface area contributed by atoms with Gasteiger partial charge < -0.3 is 10.3 Å². The van der Waals surface area contributed by atoms with E-state index in [1.54, 1.807) is 6.20 Å². The number of nitrogen functional groups attached to an aromatic ring is 1. The zero-order valence-corrected chi connectivity index (χ0v) is 8.59. The van der Waals surface area contributed by atoms with E-state index in [0.29, 0.717) is 5.82 Å². The first-order valence-electron chi connectivity index (χ1n) is 5.04. The molecule has 16 heavy (non-hydrogen) atoms. The first-order chi connectivity index (χ1) is 7.84. The van der Waals surface area contributed by atoms with Gasteiger partial charge in [0.1, 0.15) is 5.82 Å². The summed E-state index contributed by atoms with van der Waals surface area (Å²) in [5, 5.41) is 1.19. The normalized spacial score (nSPS) is 10.8. The Hall–Kier alpha value is -2.29. The maximum absolute atomic E-state index is 5.68. The molecule has 0 aliphatic heterocycles. The molecule has 0 saturated heterocycles. The number of hydrogen-bond donors (Lipinski definition) is 1. The molecule has 0 aliphatic rings. The van der Waals surface area contributed by atoms with Gasteiger partial charge >= 0.3 is 0 Å². The fourth-order valence-corrected chi connectivity index (χ4v) is 1.83. The first-order valence-corrected chi connectivity index (χ1v) is 5.04. The molecule has 1 radical (unpaired) electrons. The van der Waals surface area contributed by atoms with Crippen LogP contribution in [0.4, 0.5) is 5.82 Å². The van der Waals surface area contributed by atoms with Crippen LogP contribution in [-0.2, 0) is 0 Å². The summed E-state index contributed by atoms with van der Waals surface area (Å²) in [6, 6.07) is 14.8. The number of pyridine rings is 1. The minimum atomic E-state index is 0.527. The van der Waals surface area contributed by atoms with Crippen LogP contribution in [0.2, 0.25) is 0 Å². The van der Waals surface area contributed by atoms with Crippen LogP contribution in [0.25, 0.3) is 16.6 Å². The Bertz CT molecular complexity index is 640. The van der Waals surface area contributed by atoms with Gasteiger partial charge in [-0.2, -0.15) is 0 Å². The minimum absolute atomic E-state index is 0.527. The molecular weight excluding hydrogens is 198 g/mol. The summed E-state index contributed by atoms with van der Waals surface area (Å²) >= 11 is 0. The van der Waals surface area contributed by atoms with Crippen LogP contribution >= 0.6 is 0 Å². The van der Waals surface area contributed by atoms with Gasteiger partial charge in [-0.1, -0.05) is 12.1 Å². The van der Waals surface area contributed by atoms with Crippen molar-refractivity contribution in [3.05, 3.63) is 54.9 Å². The van der Waals surface area contributed by atoms with Gasteiger partial charge in [0, 0.05) is 18.5 Å². The van der Waals surface area contributed by atoms with Gasteiger partial charge in [0.2, 0.25) is 0 Å². The maximum atomic E-state index is 5.68. The number of aromatic nitrogens is 2. The molecule has 3 heteroatoms. The number of rotatable bonds is 1. The van der Waals surface area contributed by atoms with Gasteiger partial charge in [0.25, 0.3) is 0 Å². The second-order valence-corrected chi connectivity index (χ2v) is 3.61. The molecule has 3 aromatic rings. The lowest BCUT2D eigenvalue weighted by atomic mass is 10.2. The van der Waals surface area contributed by atoms with Crippen LogP contribution in [0, 0.1) is 6.07 Å². The van der Waals surface area contributed by atoms with E-state index in [4.69, 9.17) is 5.73 Å². The average Bonchev–Trinajstić information content (AvgIpc) is 2.72. The van der Waals surface area contributed by atoms with Crippen molar-refractivity contribution < 1.29 is 0 Å². The van der Waals surface area contributed by atoms with Crippen molar-refractivity contribution in [2.45, 2.75) is 0 Å². The third kappa shape index (κ3) is 1.34. The van der Waals surface area contributed by atoms with Crippen molar-refractivity contribution in [1.82, 2.24) is 9.55 Å². The van der Waals surface area contributed by atoms with Crippen molar-refractivity contribution in [3.63, 3.8) is 0 Å². The van der Waals surface area contributed by atoms with Crippen LogP contribution in [-0.4, -0.2) is 9.55 Å². The number of nitrogens with two attached hydrogens (primary N) is 1. The monoisotopic (exact) mass is 208 g/mol. The first kappa shape index (κ1) is 8.97. The number of anilines is 1. The second-order valence-electron chi connectivity index (χ2n) is 3.61. The Labute approximate surface area is 93.1 Å². The predicted molar refractivity (Wildman–Crippen MR) is 64.3 cm³/mol. The van der Waals surface area contributed by atoms with Gasteiger partial charge in [-0.15, -0.1) is 0 Å². The molecule has 0 unspecified atom stereocenters.